The van der Waals surface area contributed by atoms with E-state index in [2.05, 4.69) is 10.4 Å². The van der Waals surface area contributed by atoms with Crippen molar-refractivity contribution in [2.24, 2.45) is 7.05 Å². The minimum atomic E-state index is -3.39. The van der Waals surface area contributed by atoms with E-state index in [0.29, 0.717) is 19.6 Å². The molecule has 2 rings (SSSR count). The van der Waals surface area contributed by atoms with E-state index >= 15 is 0 Å². The van der Waals surface area contributed by atoms with E-state index in [1.54, 1.807) is 7.05 Å². The lowest BCUT2D eigenvalue weighted by molar-refractivity contribution is 0.308. The highest BCUT2D eigenvalue weighted by molar-refractivity contribution is 7.89. The van der Waals surface area contributed by atoms with Gasteiger partial charge in [-0.05, 0) is 13.0 Å². The van der Waals surface area contributed by atoms with Crippen LogP contribution in [0.25, 0.3) is 0 Å². The molecule has 1 aliphatic heterocycles. The molecule has 0 spiro atoms. The second-order valence-electron chi connectivity index (χ2n) is 4.01. The maximum absolute atomic E-state index is 12.3. The molecule has 0 aromatic carbocycles. The first-order valence-electron chi connectivity index (χ1n) is 5.23. The van der Waals surface area contributed by atoms with Crippen LogP contribution in [0.4, 0.5) is 0 Å². The van der Waals surface area contributed by atoms with Crippen LogP contribution in [-0.2, 0) is 17.1 Å². The third-order valence-corrected chi connectivity index (χ3v) is 4.65. The summed E-state index contributed by atoms with van der Waals surface area (Å²) >= 11 is 0. The van der Waals surface area contributed by atoms with Crippen molar-refractivity contribution in [2.75, 3.05) is 19.6 Å². The maximum atomic E-state index is 12.3. The molecule has 0 amide bonds. The molecule has 2 heterocycles. The Kier molecular flexibility index (Phi) is 4.54. The summed E-state index contributed by atoms with van der Waals surface area (Å²) in [5, 5.41) is 7.36. The largest absolute Gasteiger partial charge is 0.312 e. The molecule has 1 aromatic heterocycles. The monoisotopic (exact) mass is 280 g/mol. The summed E-state index contributed by atoms with van der Waals surface area (Å²) in [7, 11) is -1.75. The van der Waals surface area contributed by atoms with E-state index < -0.39 is 10.0 Å². The molecule has 1 aliphatic rings. The summed E-state index contributed by atoms with van der Waals surface area (Å²) in [6.07, 6.45) is 1.50. The van der Waals surface area contributed by atoms with Gasteiger partial charge < -0.3 is 5.32 Å². The van der Waals surface area contributed by atoms with Gasteiger partial charge in [0, 0.05) is 32.7 Å². The zero-order chi connectivity index (χ0) is 11.8. The summed E-state index contributed by atoms with van der Waals surface area (Å²) in [6.45, 7) is 3.69. The van der Waals surface area contributed by atoms with Crippen molar-refractivity contribution in [1.29, 1.82) is 0 Å². The molecule has 6 nitrogen and oxygen atoms in total. The third kappa shape index (κ3) is 2.79. The van der Waals surface area contributed by atoms with E-state index in [1.807, 2.05) is 6.92 Å². The number of piperazine rings is 1. The smallest absolute Gasteiger partial charge is 0.260 e. The van der Waals surface area contributed by atoms with E-state index in [9.17, 15) is 8.42 Å². The zero-order valence-electron chi connectivity index (χ0n) is 9.83. The van der Waals surface area contributed by atoms with Crippen molar-refractivity contribution in [3.63, 3.8) is 0 Å². The molecule has 1 atom stereocenters. The van der Waals surface area contributed by atoms with Crippen molar-refractivity contribution >= 4 is 22.4 Å². The molecule has 1 unspecified atom stereocenters. The van der Waals surface area contributed by atoms with Gasteiger partial charge in [-0.15, -0.1) is 12.4 Å². The number of aromatic nitrogens is 2. The van der Waals surface area contributed by atoms with Gasteiger partial charge in [-0.3, -0.25) is 4.68 Å². The number of hydrogen-bond donors (Lipinski definition) is 1. The Labute approximate surface area is 107 Å². The van der Waals surface area contributed by atoms with Crippen LogP contribution in [0.2, 0.25) is 0 Å². The predicted octanol–water partition coefficient (Wildman–Crippen LogP) is -0.176. The minimum Gasteiger partial charge on any atom is -0.312 e. The number of nitrogens with one attached hydrogen (secondary N) is 1. The second kappa shape index (κ2) is 5.34. The van der Waals surface area contributed by atoms with Gasteiger partial charge in [-0.25, -0.2) is 8.42 Å². The van der Waals surface area contributed by atoms with Crippen LogP contribution >= 0.6 is 12.4 Å². The van der Waals surface area contributed by atoms with Gasteiger partial charge in [-0.1, -0.05) is 0 Å². The molecule has 1 fully saturated rings. The van der Waals surface area contributed by atoms with Gasteiger partial charge >= 0.3 is 0 Å². The quantitative estimate of drug-likeness (QED) is 0.816. The topological polar surface area (TPSA) is 67.2 Å². The molecular weight excluding hydrogens is 264 g/mol. The van der Waals surface area contributed by atoms with Gasteiger partial charge in [0.1, 0.15) is 0 Å². The first-order valence-corrected chi connectivity index (χ1v) is 6.67. The number of nitrogens with zero attached hydrogens (tertiary/aromatic N) is 3. The lowest BCUT2D eigenvalue weighted by atomic mass is 10.3. The first kappa shape index (κ1) is 14.4. The predicted molar refractivity (Wildman–Crippen MR) is 66.7 cm³/mol. The summed E-state index contributed by atoms with van der Waals surface area (Å²) < 4.78 is 27.4. The van der Waals surface area contributed by atoms with Crippen molar-refractivity contribution < 1.29 is 8.42 Å². The van der Waals surface area contributed by atoms with Crippen LogP contribution < -0.4 is 5.32 Å². The normalized spacial score (nSPS) is 22.1. The fourth-order valence-electron chi connectivity index (χ4n) is 1.86. The van der Waals surface area contributed by atoms with Crippen LogP contribution in [-0.4, -0.2) is 48.2 Å². The fraction of sp³-hybridized carbons (Fsp3) is 0.667. The highest BCUT2D eigenvalue weighted by Crippen LogP contribution is 2.15. The number of hydrogen-bond acceptors (Lipinski definition) is 4. The fourth-order valence-corrected chi connectivity index (χ4v) is 3.49. The van der Waals surface area contributed by atoms with Gasteiger partial charge in [0.15, 0.2) is 5.03 Å². The lowest BCUT2D eigenvalue weighted by Crippen LogP contribution is -2.51. The summed E-state index contributed by atoms with van der Waals surface area (Å²) in [5.74, 6) is 0. The van der Waals surface area contributed by atoms with E-state index in [1.165, 1.54) is 21.3 Å². The zero-order valence-corrected chi connectivity index (χ0v) is 11.5. The Morgan fingerprint density at radius 1 is 1.53 bits per heavy atom. The Bertz CT molecular complexity index is 473. The molecule has 0 bridgehead atoms. The molecule has 1 N–H and O–H groups in total. The summed E-state index contributed by atoms with van der Waals surface area (Å²) in [6, 6.07) is 1.72. The van der Waals surface area contributed by atoms with Crippen LogP contribution in [0, 0.1) is 0 Å². The van der Waals surface area contributed by atoms with E-state index in [0.717, 1.165) is 0 Å². The van der Waals surface area contributed by atoms with Crippen LogP contribution in [0.3, 0.4) is 0 Å². The standard InChI is InChI=1S/C9H16N4O2S.ClH/c1-8-7-13(6-5-10-8)16(14,15)9-3-4-11-12(9)2;/h3-4,8,10H,5-7H2,1-2H3;1H. The van der Waals surface area contributed by atoms with Crippen molar-refractivity contribution in [3.8, 4) is 0 Å². The lowest BCUT2D eigenvalue weighted by Gasteiger charge is -2.30. The van der Waals surface area contributed by atoms with Gasteiger partial charge in [-0.2, -0.15) is 9.40 Å². The number of aryl methyl sites for hydroxylation is 1. The molecule has 8 heteroatoms. The average molecular weight is 281 g/mol. The van der Waals surface area contributed by atoms with Gasteiger partial charge in [0.2, 0.25) is 0 Å². The van der Waals surface area contributed by atoms with E-state index in [-0.39, 0.29) is 23.5 Å². The van der Waals surface area contributed by atoms with Crippen LogP contribution in [0.1, 0.15) is 6.92 Å². The highest BCUT2D eigenvalue weighted by Gasteiger charge is 2.30. The van der Waals surface area contributed by atoms with Crippen molar-refractivity contribution in [3.05, 3.63) is 12.3 Å². The Morgan fingerprint density at radius 2 is 2.24 bits per heavy atom. The number of halogens is 1. The molecule has 1 saturated heterocycles. The highest BCUT2D eigenvalue weighted by atomic mass is 35.5. The maximum Gasteiger partial charge on any atom is 0.260 e. The molecule has 1 aromatic rings. The molecule has 0 radical (unpaired) electrons. The SMILES string of the molecule is CC1CN(S(=O)(=O)c2ccnn2C)CCN1.Cl. The molecule has 0 saturated carbocycles. The van der Waals surface area contributed by atoms with Gasteiger partial charge in [0.05, 0.1) is 6.20 Å². The number of sulfonamides is 1. The first-order chi connectivity index (χ1) is 7.51. The molecule has 0 aliphatic carbocycles. The third-order valence-electron chi connectivity index (χ3n) is 2.71. The molecule has 17 heavy (non-hydrogen) atoms. The molecule has 98 valence electrons. The number of rotatable bonds is 2. The van der Waals surface area contributed by atoms with Crippen LogP contribution in [0.15, 0.2) is 17.3 Å². The minimum absolute atomic E-state index is 0. The van der Waals surface area contributed by atoms with Crippen LogP contribution in [0.5, 0.6) is 0 Å². The Morgan fingerprint density at radius 3 is 2.76 bits per heavy atom. The van der Waals surface area contributed by atoms with Crippen molar-refractivity contribution in [1.82, 2.24) is 19.4 Å². The van der Waals surface area contributed by atoms with E-state index in [4.69, 9.17) is 0 Å². The average Bonchev–Trinajstić information content (AvgIpc) is 2.65. The van der Waals surface area contributed by atoms with Crippen molar-refractivity contribution in [2.45, 2.75) is 18.0 Å². The Hall–Kier alpha value is -0.630. The molecular formula is C9H17ClN4O2S. The second-order valence-corrected chi connectivity index (χ2v) is 5.90. The summed E-state index contributed by atoms with van der Waals surface area (Å²) in [4.78, 5) is 0. The van der Waals surface area contributed by atoms with Gasteiger partial charge in [0.25, 0.3) is 10.0 Å². The summed E-state index contributed by atoms with van der Waals surface area (Å²) in [5.41, 5.74) is 0. The Balaban J connectivity index is 0.00000144.